The highest BCUT2D eigenvalue weighted by Crippen LogP contribution is 2.37. The van der Waals surface area contributed by atoms with Crippen molar-refractivity contribution < 1.29 is 17.6 Å². The van der Waals surface area contributed by atoms with Crippen LogP contribution in [0.5, 0.6) is 0 Å². The number of para-hydroxylation sites is 1. The second-order valence-corrected chi connectivity index (χ2v) is 7.44. The molecule has 2 heterocycles. The predicted octanol–water partition coefficient (Wildman–Crippen LogP) is 6.32. The predicted molar refractivity (Wildman–Crippen MR) is 120 cm³/mol. The lowest BCUT2D eigenvalue weighted by molar-refractivity contribution is -0.137. The summed E-state index contributed by atoms with van der Waals surface area (Å²) in [5.41, 5.74) is 5.88. The van der Waals surface area contributed by atoms with E-state index in [1.54, 1.807) is 30.3 Å². The first-order chi connectivity index (χ1) is 16.2. The van der Waals surface area contributed by atoms with Gasteiger partial charge in [-0.3, -0.25) is 0 Å². The van der Waals surface area contributed by atoms with Crippen molar-refractivity contribution in [3.05, 3.63) is 88.3 Å². The van der Waals surface area contributed by atoms with Crippen LogP contribution in [0.15, 0.2) is 65.1 Å². The van der Waals surface area contributed by atoms with Crippen LogP contribution in [-0.2, 0) is 6.18 Å². The van der Waals surface area contributed by atoms with Gasteiger partial charge in [0.05, 0.1) is 21.8 Å². The third kappa shape index (κ3) is 4.25. The zero-order valence-corrected chi connectivity index (χ0v) is 17.9. The molecule has 2 aromatic heterocycles. The molecule has 4 aromatic rings. The van der Waals surface area contributed by atoms with Gasteiger partial charge < -0.3 is 10.2 Å². The van der Waals surface area contributed by atoms with E-state index in [-0.39, 0.29) is 44.8 Å². The summed E-state index contributed by atoms with van der Waals surface area (Å²) in [5.74, 6) is 0.284. The minimum Gasteiger partial charge on any atom is -0.457 e. The molecular formula is C24H13ClF3N5O. The van der Waals surface area contributed by atoms with Crippen molar-refractivity contribution >= 4 is 29.1 Å². The number of nitrogens with zero attached hydrogens (tertiary/aromatic N) is 4. The Kier molecular flexibility index (Phi) is 5.89. The molecule has 0 fully saturated rings. The lowest BCUT2D eigenvalue weighted by atomic mass is 10.1. The van der Waals surface area contributed by atoms with Crippen LogP contribution in [0.2, 0.25) is 5.02 Å². The number of aromatic nitrogens is 2. The molecule has 0 radical (unpaired) electrons. The van der Waals surface area contributed by atoms with Crippen molar-refractivity contribution in [3.8, 4) is 29.1 Å². The first-order valence-corrected chi connectivity index (χ1v) is 10.0. The summed E-state index contributed by atoms with van der Waals surface area (Å²) in [6, 6.07) is 18.5. The molecule has 2 N–H and O–H groups in total. The minimum absolute atomic E-state index is 0.00403. The minimum atomic E-state index is -4.55. The molecule has 0 spiro atoms. The van der Waals surface area contributed by atoms with E-state index in [9.17, 15) is 23.7 Å². The number of anilines is 1. The molecule has 0 aliphatic rings. The van der Waals surface area contributed by atoms with Gasteiger partial charge >= 0.3 is 6.18 Å². The molecule has 168 valence electrons. The van der Waals surface area contributed by atoms with Gasteiger partial charge in [-0.1, -0.05) is 29.8 Å². The molecule has 2 aromatic carbocycles. The Morgan fingerprint density at radius 2 is 1.82 bits per heavy atom. The molecule has 4 rings (SSSR count). The number of hydrogen-bond donors (Lipinski definition) is 1. The van der Waals surface area contributed by atoms with Gasteiger partial charge in [0.25, 0.3) is 0 Å². The Hall–Kier alpha value is -4.47. The maximum absolute atomic E-state index is 13.1. The second kappa shape index (κ2) is 8.81. The maximum atomic E-state index is 13.1. The van der Waals surface area contributed by atoms with E-state index in [1.165, 1.54) is 22.9 Å². The summed E-state index contributed by atoms with van der Waals surface area (Å²) >= 11 is 6.08. The molecule has 0 amide bonds. The highest BCUT2D eigenvalue weighted by Gasteiger charge is 2.31. The van der Waals surface area contributed by atoms with Gasteiger partial charge in [0.1, 0.15) is 40.7 Å². The zero-order valence-electron chi connectivity index (χ0n) is 17.1. The molecule has 0 unspecified atom stereocenters. The number of hydrogen-bond acceptors (Lipinski definition) is 5. The molecular weight excluding hydrogens is 467 g/mol. The summed E-state index contributed by atoms with van der Waals surface area (Å²) in [6.45, 7) is 0. The van der Waals surface area contributed by atoms with Crippen LogP contribution >= 0.6 is 11.6 Å². The van der Waals surface area contributed by atoms with Gasteiger partial charge in [-0.15, -0.1) is 0 Å². The monoisotopic (exact) mass is 479 g/mol. The number of furan rings is 1. The lowest BCUT2D eigenvalue weighted by Gasteiger charge is -2.09. The number of nitrogens with two attached hydrogens (primary N) is 1. The van der Waals surface area contributed by atoms with Crippen LogP contribution in [0.25, 0.3) is 28.7 Å². The van der Waals surface area contributed by atoms with Gasteiger partial charge in [-0.2, -0.15) is 28.8 Å². The van der Waals surface area contributed by atoms with E-state index in [0.717, 1.165) is 18.2 Å². The van der Waals surface area contributed by atoms with Crippen molar-refractivity contribution in [1.82, 2.24) is 9.78 Å². The summed E-state index contributed by atoms with van der Waals surface area (Å²) in [4.78, 5) is 0. The third-order valence-electron chi connectivity index (χ3n) is 4.88. The average molecular weight is 480 g/mol. The highest BCUT2D eigenvalue weighted by atomic mass is 35.5. The van der Waals surface area contributed by atoms with Gasteiger partial charge in [0, 0.05) is 11.6 Å². The molecule has 10 heteroatoms. The van der Waals surface area contributed by atoms with Crippen molar-refractivity contribution in [3.63, 3.8) is 0 Å². The van der Waals surface area contributed by atoms with E-state index in [1.807, 2.05) is 12.1 Å². The second-order valence-electron chi connectivity index (χ2n) is 7.03. The normalized spacial score (nSPS) is 11.8. The molecule has 0 saturated heterocycles. The average Bonchev–Trinajstić information content (AvgIpc) is 3.41. The first kappa shape index (κ1) is 22.7. The van der Waals surface area contributed by atoms with Crippen LogP contribution in [0, 0.1) is 22.7 Å². The molecule has 0 bridgehead atoms. The quantitative estimate of drug-likeness (QED) is 0.345. The summed E-state index contributed by atoms with van der Waals surface area (Å²) in [7, 11) is 0. The van der Waals surface area contributed by atoms with E-state index < -0.39 is 11.7 Å². The number of nitrogen functional groups attached to an aromatic ring is 1. The molecule has 0 aliphatic heterocycles. The smallest absolute Gasteiger partial charge is 0.416 e. The number of alkyl halides is 3. The molecule has 0 aliphatic carbocycles. The topological polar surface area (TPSA) is 105 Å². The van der Waals surface area contributed by atoms with Gasteiger partial charge in [0.15, 0.2) is 0 Å². The van der Waals surface area contributed by atoms with Crippen molar-refractivity contribution in [2.75, 3.05) is 5.73 Å². The van der Waals surface area contributed by atoms with Gasteiger partial charge in [-0.05, 0) is 42.5 Å². The fourth-order valence-corrected chi connectivity index (χ4v) is 3.47. The number of nitriles is 2. The lowest BCUT2D eigenvalue weighted by Crippen LogP contribution is -2.04. The van der Waals surface area contributed by atoms with Crippen molar-refractivity contribution in [1.29, 1.82) is 10.5 Å². The standard InChI is InChI=1S/C24H13ClF3N5O/c25-20-8-6-15(24(26,27)28)11-18(20)21-9-7-17(34-21)10-14(12-29)22-19(13-30)23(31)33(32-22)16-4-2-1-3-5-16/h1-11H,31H2. The van der Waals surface area contributed by atoms with Crippen LogP contribution in [0.3, 0.4) is 0 Å². The van der Waals surface area contributed by atoms with E-state index in [0.29, 0.717) is 5.69 Å². The Bertz CT molecular complexity index is 1490. The number of halogens is 4. The van der Waals surface area contributed by atoms with Crippen LogP contribution < -0.4 is 5.73 Å². The van der Waals surface area contributed by atoms with Crippen molar-refractivity contribution in [2.24, 2.45) is 0 Å². The Labute approximate surface area is 196 Å². The molecule has 6 nitrogen and oxygen atoms in total. The Morgan fingerprint density at radius 3 is 2.47 bits per heavy atom. The summed E-state index contributed by atoms with van der Waals surface area (Å²) < 4.78 is 46.3. The largest absolute Gasteiger partial charge is 0.457 e. The van der Waals surface area contributed by atoms with Gasteiger partial charge in [-0.25, -0.2) is 4.68 Å². The van der Waals surface area contributed by atoms with E-state index in [2.05, 4.69) is 5.10 Å². The van der Waals surface area contributed by atoms with Crippen LogP contribution in [0.4, 0.5) is 19.0 Å². The number of benzene rings is 2. The molecule has 34 heavy (non-hydrogen) atoms. The summed E-state index contributed by atoms with van der Waals surface area (Å²) in [5, 5.41) is 23.7. The molecule has 0 atom stereocenters. The van der Waals surface area contributed by atoms with Crippen molar-refractivity contribution in [2.45, 2.75) is 6.18 Å². The number of allylic oxidation sites excluding steroid dienone is 1. The van der Waals surface area contributed by atoms with Crippen LogP contribution in [-0.4, -0.2) is 9.78 Å². The van der Waals surface area contributed by atoms with E-state index in [4.69, 9.17) is 21.8 Å². The maximum Gasteiger partial charge on any atom is 0.416 e. The fraction of sp³-hybridized carbons (Fsp3) is 0.0417. The van der Waals surface area contributed by atoms with Gasteiger partial charge in [0.2, 0.25) is 0 Å². The Balaban J connectivity index is 1.76. The summed E-state index contributed by atoms with van der Waals surface area (Å²) in [6.07, 6.45) is -3.23. The number of rotatable bonds is 4. The highest BCUT2D eigenvalue weighted by molar-refractivity contribution is 6.33. The SMILES string of the molecule is N#CC(=Cc1ccc(-c2cc(C(F)(F)F)ccc2Cl)o1)c1nn(-c2ccccc2)c(N)c1C#N. The Morgan fingerprint density at radius 1 is 1.09 bits per heavy atom. The van der Waals surface area contributed by atoms with Crippen LogP contribution in [0.1, 0.15) is 22.6 Å². The molecule has 0 saturated carbocycles. The third-order valence-corrected chi connectivity index (χ3v) is 5.21. The fourth-order valence-electron chi connectivity index (χ4n) is 3.26. The zero-order chi connectivity index (χ0) is 24.5. The van der Waals surface area contributed by atoms with E-state index >= 15 is 0 Å². The first-order valence-electron chi connectivity index (χ1n) is 9.66.